The molecule has 0 fully saturated rings. The van der Waals surface area contributed by atoms with Crippen molar-refractivity contribution in [1.29, 1.82) is 0 Å². The summed E-state index contributed by atoms with van der Waals surface area (Å²) in [5, 5.41) is 9.55. The van der Waals surface area contributed by atoms with Crippen molar-refractivity contribution in [2.75, 3.05) is 12.3 Å². The Balaban J connectivity index is 2.57. The average molecular weight is 272 g/mol. The number of nitrogens with one attached hydrogen (secondary N) is 1. The summed E-state index contributed by atoms with van der Waals surface area (Å²) >= 11 is 0. The fourth-order valence-corrected chi connectivity index (χ4v) is 2.49. The molecule has 0 aliphatic rings. The van der Waals surface area contributed by atoms with Crippen LogP contribution in [0.4, 0.5) is 5.69 Å². The van der Waals surface area contributed by atoms with E-state index in [9.17, 15) is 13.5 Å². The number of hydrogen-bond acceptors (Lipinski definition) is 4. The number of benzene rings is 1. The molecular formula is C12H20N2O3S. The summed E-state index contributed by atoms with van der Waals surface area (Å²) in [4.78, 5) is 0. The van der Waals surface area contributed by atoms with Crippen molar-refractivity contribution in [3.63, 3.8) is 0 Å². The SMILES string of the molecule is CC(C)C(O)CNS(=O)(=O)Cc1ccc(N)cc1. The van der Waals surface area contributed by atoms with Gasteiger partial charge in [-0.1, -0.05) is 26.0 Å². The van der Waals surface area contributed by atoms with E-state index >= 15 is 0 Å². The van der Waals surface area contributed by atoms with E-state index in [1.54, 1.807) is 24.3 Å². The molecular weight excluding hydrogens is 252 g/mol. The highest BCUT2D eigenvalue weighted by atomic mass is 32.2. The molecule has 102 valence electrons. The van der Waals surface area contributed by atoms with Crippen molar-refractivity contribution in [3.05, 3.63) is 29.8 Å². The fraction of sp³-hybridized carbons (Fsp3) is 0.500. The van der Waals surface area contributed by atoms with Crippen LogP contribution in [0.2, 0.25) is 0 Å². The van der Waals surface area contributed by atoms with Crippen LogP contribution in [-0.2, 0) is 15.8 Å². The zero-order chi connectivity index (χ0) is 13.8. The van der Waals surface area contributed by atoms with Crippen LogP contribution < -0.4 is 10.5 Å². The Hall–Kier alpha value is -1.11. The predicted molar refractivity (Wildman–Crippen MR) is 72.3 cm³/mol. The normalized spacial score (nSPS) is 13.8. The summed E-state index contributed by atoms with van der Waals surface area (Å²) in [5.74, 6) is -0.0952. The lowest BCUT2D eigenvalue weighted by molar-refractivity contribution is 0.129. The second-order valence-electron chi connectivity index (χ2n) is 4.66. The molecule has 1 aromatic carbocycles. The van der Waals surface area contributed by atoms with Crippen LogP contribution in [0.15, 0.2) is 24.3 Å². The number of nitrogen functional groups attached to an aromatic ring is 1. The molecule has 0 saturated carbocycles. The quantitative estimate of drug-likeness (QED) is 0.665. The molecule has 4 N–H and O–H groups in total. The smallest absolute Gasteiger partial charge is 0.215 e. The summed E-state index contributed by atoms with van der Waals surface area (Å²) in [6.07, 6.45) is -0.675. The molecule has 18 heavy (non-hydrogen) atoms. The van der Waals surface area contributed by atoms with Crippen LogP contribution in [0.25, 0.3) is 0 Å². The number of aliphatic hydroxyl groups excluding tert-OH is 1. The molecule has 1 unspecified atom stereocenters. The Morgan fingerprint density at radius 2 is 1.83 bits per heavy atom. The van der Waals surface area contributed by atoms with Crippen molar-refractivity contribution >= 4 is 15.7 Å². The van der Waals surface area contributed by atoms with Gasteiger partial charge in [0.05, 0.1) is 11.9 Å². The lowest BCUT2D eigenvalue weighted by Gasteiger charge is -2.15. The summed E-state index contributed by atoms with van der Waals surface area (Å²) < 4.78 is 25.9. The summed E-state index contributed by atoms with van der Waals surface area (Å²) in [5.41, 5.74) is 6.78. The molecule has 0 spiro atoms. The molecule has 0 aliphatic carbocycles. The van der Waals surface area contributed by atoms with Gasteiger partial charge in [0.15, 0.2) is 0 Å². The predicted octanol–water partition coefficient (Wildman–Crippen LogP) is 0.705. The topological polar surface area (TPSA) is 92.4 Å². The maximum Gasteiger partial charge on any atom is 0.215 e. The third kappa shape index (κ3) is 5.03. The lowest BCUT2D eigenvalue weighted by Crippen LogP contribution is -2.35. The first-order valence-corrected chi connectivity index (χ1v) is 7.45. The first-order valence-electron chi connectivity index (χ1n) is 5.80. The first kappa shape index (κ1) is 14.9. The molecule has 0 saturated heterocycles. The van der Waals surface area contributed by atoms with E-state index in [1.165, 1.54) is 0 Å². The van der Waals surface area contributed by atoms with Crippen LogP contribution in [0.1, 0.15) is 19.4 Å². The molecule has 6 heteroatoms. The number of sulfonamides is 1. The van der Waals surface area contributed by atoms with Gasteiger partial charge in [0.2, 0.25) is 10.0 Å². The third-order valence-electron chi connectivity index (χ3n) is 2.62. The minimum Gasteiger partial charge on any atom is -0.399 e. The highest BCUT2D eigenvalue weighted by Crippen LogP contribution is 2.09. The van der Waals surface area contributed by atoms with Gasteiger partial charge in [0, 0.05) is 12.2 Å². The Morgan fingerprint density at radius 1 is 1.28 bits per heavy atom. The Labute approximate surface area is 108 Å². The van der Waals surface area contributed by atoms with Gasteiger partial charge in [-0.15, -0.1) is 0 Å². The highest BCUT2D eigenvalue weighted by Gasteiger charge is 2.15. The minimum atomic E-state index is -3.43. The van der Waals surface area contributed by atoms with E-state index in [4.69, 9.17) is 5.73 Å². The summed E-state index contributed by atoms with van der Waals surface area (Å²) in [6, 6.07) is 6.67. The van der Waals surface area contributed by atoms with Gasteiger partial charge in [-0.3, -0.25) is 0 Å². The number of rotatable bonds is 6. The Kier molecular flexibility index (Phi) is 5.13. The van der Waals surface area contributed by atoms with Crippen molar-refractivity contribution < 1.29 is 13.5 Å². The molecule has 0 amide bonds. The number of anilines is 1. The zero-order valence-electron chi connectivity index (χ0n) is 10.6. The molecule has 0 heterocycles. The molecule has 0 radical (unpaired) electrons. The van der Waals surface area contributed by atoms with Crippen LogP contribution in [-0.4, -0.2) is 26.2 Å². The molecule has 1 rings (SSSR count). The van der Waals surface area contributed by atoms with Gasteiger partial charge in [0.25, 0.3) is 0 Å². The van der Waals surface area contributed by atoms with E-state index in [0.717, 1.165) is 0 Å². The van der Waals surface area contributed by atoms with Crippen LogP contribution in [0.5, 0.6) is 0 Å². The third-order valence-corrected chi connectivity index (χ3v) is 3.94. The molecule has 1 aromatic rings. The molecule has 0 bridgehead atoms. The molecule has 5 nitrogen and oxygen atoms in total. The van der Waals surface area contributed by atoms with Crippen molar-refractivity contribution in [3.8, 4) is 0 Å². The zero-order valence-corrected chi connectivity index (χ0v) is 11.4. The second-order valence-corrected chi connectivity index (χ2v) is 6.47. The van der Waals surface area contributed by atoms with E-state index in [1.807, 2.05) is 13.8 Å². The van der Waals surface area contributed by atoms with Crippen LogP contribution in [0.3, 0.4) is 0 Å². The molecule has 1 atom stereocenters. The monoisotopic (exact) mass is 272 g/mol. The maximum absolute atomic E-state index is 11.8. The van der Waals surface area contributed by atoms with Crippen molar-refractivity contribution in [2.45, 2.75) is 25.7 Å². The van der Waals surface area contributed by atoms with E-state index in [-0.39, 0.29) is 18.2 Å². The number of hydrogen-bond donors (Lipinski definition) is 3. The minimum absolute atomic E-state index is 0.0178. The van der Waals surface area contributed by atoms with Gasteiger partial charge in [-0.25, -0.2) is 13.1 Å². The molecule has 0 aromatic heterocycles. The number of aliphatic hydroxyl groups is 1. The maximum atomic E-state index is 11.8. The van der Waals surface area contributed by atoms with Gasteiger partial charge in [0.1, 0.15) is 0 Å². The summed E-state index contributed by atoms with van der Waals surface area (Å²) in [6.45, 7) is 3.70. The van der Waals surface area contributed by atoms with Gasteiger partial charge in [-0.05, 0) is 23.6 Å². The average Bonchev–Trinajstić information content (AvgIpc) is 2.29. The first-order chi connectivity index (χ1) is 8.30. The largest absolute Gasteiger partial charge is 0.399 e. The van der Waals surface area contributed by atoms with Crippen molar-refractivity contribution in [2.24, 2.45) is 5.92 Å². The van der Waals surface area contributed by atoms with Gasteiger partial charge in [-0.2, -0.15) is 0 Å². The molecule has 0 aliphatic heterocycles. The standard InChI is InChI=1S/C12H20N2O3S/c1-9(2)12(15)7-14-18(16,17)8-10-3-5-11(13)6-4-10/h3-6,9,12,14-15H,7-8,13H2,1-2H3. The summed E-state index contributed by atoms with van der Waals surface area (Å²) in [7, 11) is -3.43. The highest BCUT2D eigenvalue weighted by molar-refractivity contribution is 7.88. The number of nitrogens with two attached hydrogens (primary N) is 1. The Morgan fingerprint density at radius 3 is 2.33 bits per heavy atom. The van der Waals surface area contributed by atoms with Crippen LogP contribution in [0, 0.1) is 5.92 Å². The van der Waals surface area contributed by atoms with Crippen molar-refractivity contribution in [1.82, 2.24) is 4.72 Å². The van der Waals surface area contributed by atoms with Gasteiger partial charge < -0.3 is 10.8 Å². The van der Waals surface area contributed by atoms with Crippen LogP contribution >= 0.6 is 0 Å². The second kappa shape index (κ2) is 6.17. The fourth-order valence-electron chi connectivity index (χ4n) is 1.33. The van der Waals surface area contributed by atoms with E-state index in [0.29, 0.717) is 11.3 Å². The lowest BCUT2D eigenvalue weighted by atomic mass is 10.1. The van der Waals surface area contributed by atoms with Gasteiger partial charge >= 0.3 is 0 Å². The van der Waals surface area contributed by atoms with E-state index < -0.39 is 16.1 Å². The van der Waals surface area contributed by atoms with E-state index in [2.05, 4.69) is 4.72 Å². The Bertz CT molecular complexity index is 469.